The van der Waals surface area contributed by atoms with E-state index in [-0.39, 0.29) is 6.61 Å². The predicted octanol–water partition coefficient (Wildman–Crippen LogP) is 6.00. The van der Waals surface area contributed by atoms with E-state index < -0.39 is 51.3 Å². The molecule has 3 aromatic rings. The smallest absolute Gasteiger partial charge is 0.329 e. The molecule has 3 aromatic carbocycles. The first-order valence-electron chi connectivity index (χ1n) is 12.5. The highest BCUT2D eigenvalue weighted by Crippen LogP contribution is 2.69. The van der Waals surface area contributed by atoms with Crippen molar-refractivity contribution in [3.63, 3.8) is 0 Å². The molecule has 0 spiro atoms. The minimum absolute atomic E-state index is 0.0158. The highest BCUT2D eigenvalue weighted by Gasteiger charge is 2.74. The molecule has 1 saturated heterocycles. The molecule has 7 rings (SSSR count). The summed E-state index contributed by atoms with van der Waals surface area (Å²) < 4.78 is 5.60. The number of halogens is 3. The number of carbonyl (C=O) groups is 3. The Morgan fingerprint density at radius 3 is 1.63 bits per heavy atom. The van der Waals surface area contributed by atoms with E-state index in [1.807, 2.05) is 48.5 Å². The van der Waals surface area contributed by atoms with Crippen molar-refractivity contribution in [1.82, 2.24) is 4.90 Å². The van der Waals surface area contributed by atoms with Crippen LogP contribution in [0, 0.1) is 17.8 Å². The first-order valence-corrected chi connectivity index (χ1v) is 13.6. The Kier molecular flexibility index (Phi) is 5.91. The quantitative estimate of drug-likeness (QED) is 0.215. The lowest BCUT2D eigenvalue weighted by atomic mass is 9.54. The summed E-state index contributed by atoms with van der Waals surface area (Å²) in [5.74, 6) is -4.02. The molecule has 0 aromatic heterocycles. The van der Waals surface area contributed by atoms with Crippen LogP contribution < -0.4 is 0 Å². The second kappa shape index (κ2) is 8.84. The summed E-state index contributed by atoms with van der Waals surface area (Å²) in [6, 6.07) is 20.7. The molecule has 0 unspecified atom stereocenters. The van der Waals surface area contributed by atoms with Crippen molar-refractivity contribution in [3.05, 3.63) is 106 Å². The largest absolute Gasteiger partial charge is 0.459 e. The van der Waals surface area contributed by atoms with Crippen LogP contribution in [-0.4, -0.2) is 28.7 Å². The van der Waals surface area contributed by atoms with Gasteiger partial charge < -0.3 is 4.74 Å². The number of rotatable bonds is 5. The van der Waals surface area contributed by atoms with Gasteiger partial charge in [0.15, 0.2) is 0 Å². The summed E-state index contributed by atoms with van der Waals surface area (Å²) in [4.78, 5) is 40.3. The zero-order valence-corrected chi connectivity index (χ0v) is 22.9. The molecule has 0 N–H and O–H groups in total. The maximum atomic E-state index is 14.2. The fourth-order valence-electron chi connectivity index (χ4n) is 6.46. The molecule has 5 nitrogen and oxygen atoms in total. The van der Waals surface area contributed by atoms with Crippen LogP contribution in [0.3, 0.4) is 0 Å². The lowest BCUT2D eigenvalue weighted by Gasteiger charge is -2.54. The van der Waals surface area contributed by atoms with Gasteiger partial charge in [-0.1, -0.05) is 86.1 Å². The molecule has 0 saturated carbocycles. The van der Waals surface area contributed by atoms with Crippen LogP contribution in [0.4, 0.5) is 0 Å². The van der Waals surface area contributed by atoms with Crippen molar-refractivity contribution in [1.29, 1.82) is 0 Å². The first kappa shape index (κ1) is 25.4. The number of alkyl halides is 2. The molecule has 2 amide bonds. The molecule has 1 fully saturated rings. The van der Waals surface area contributed by atoms with Gasteiger partial charge in [-0.3, -0.25) is 14.5 Å². The van der Waals surface area contributed by atoms with Gasteiger partial charge in [-0.15, -0.1) is 23.2 Å². The Labute approximate surface area is 235 Å². The maximum Gasteiger partial charge on any atom is 0.329 e. The zero-order valence-electron chi connectivity index (χ0n) is 20.7. The predicted molar refractivity (Wildman–Crippen MR) is 145 cm³/mol. The summed E-state index contributed by atoms with van der Waals surface area (Å²) in [6.45, 7) is 3.54. The lowest BCUT2D eigenvalue weighted by Crippen LogP contribution is -2.57. The first-order chi connectivity index (χ1) is 18.1. The molecular weight excluding hydrogens is 545 g/mol. The number of ether oxygens (including phenoxy) is 1. The number of imide groups is 1. The Balaban J connectivity index is 1.42. The molecule has 2 bridgehead atoms. The third-order valence-electron chi connectivity index (χ3n) is 8.06. The van der Waals surface area contributed by atoms with Crippen LogP contribution in [0.25, 0.3) is 0 Å². The Morgan fingerprint density at radius 2 is 1.24 bits per heavy atom. The Bertz CT molecular complexity index is 1360. The molecule has 1 heterocycles. The van der Waals surface area contributed by atoms with Crippen LogP contribution in [0.5, 0.6) is 0 Å². The SMILES string of the molecule is CC(C)[C@@H](C(=O)OCc1ccc(Cl)cc1)N1C(=O)[C@H]2[C@H](C1=O)C1(Cl)c3ccccc3C2(Cl)c2ccccc21. The van der Waals surface area contributed by atoms with Crippen LogP contribution in [0.2, 0.25) is 5.02 Å². The molecular formula is C30H24Cl3NO4. The molecule has 1 aliphatic heterocycles. The van der Waals surface area contributed by atoms with E-state index in [2.05, 4.69) is 0 Å². The van der Waals surface area contributed by atoms with E-state index in [0.29, 0.717) is 27.3 Å². The van der Waals surface area contributed by atoms with Gasteiger partial charge in [0, 0.05) is 5.02 Å². The minimum Gasteiger partial charge on any atom is -0.459 e. The normalized spacial score (nSPS) is 27.7. The number of benzene rings is 3. The van der Waals surface area contributed by atoms with Crippen molar-refractivity contribution in [3.8, 4) is 0 Å². The molecule has 0 radical (unpaired) electrons. The topological polar surface area (TPSA) is 63.7 Å². The van der Waals surface area contributed by atoms with Crippen LogP contribution in [-0.2, 0) is 35.5 Å². The summed E-state index contributed by atoms with van der Waals surface area (Å²) >= 11 is 20.9. The van der Waals surface area contributed by atoms with E-state index in [1.54, 1.807) is 38.1 Å². The van der Waals surface area contributed by atoms with E-state index >= 15 is 0 Å². The highest BCUT2D eigenvalue weighted by atomic mass is 35.5. The average molecular weight is 569 g/mol. The van der Waals surface area contributed by atoms with Gasteiger partial charge in [-0.05, 0) is 45.9 Å². The fraction of sp³-hybridized carbons (Fsp3) is 0.300. The molecule has 38 heavy (non-hydrogen) atoms. The van der Waals surface area contributed by atoms with Gasteiger partial charge >= 0.3 is 5.97 Å². The number of carbonyl (C=O) groups excluding carboxylic acids is 3. The molecule has 3 atom stereocenters. The number of hydrogen-bond donors (Lipinski definition) is 0. The third-order valence-corrected chi connectivity index (χ3v) is 9.60. The molecule has 8 heteroatoms. The fourth-order valence-corrected chi connectivity index (χ4v) is 7.68. The van der Waals surface area contributed by atoms with Crippen LogP contribution >= 0.6 is 34.8 Å². The highest BCUT2D eigenvalue weighted by molar-refractivity contribution is 6.36. The maximum absolute atomic E-state index is 14.2. The van der Waals surface area contributed by atoms with Gasteiger partial charge in [0.25, 0.3) is 0 Å². The number of amides is 2. The Morgan fingerprint density at radius 1 is 0.816 bits per heavy atom. The van der Waals surface area contributed by atoms with E-state index in [1.165, 1.54) is 0 Å². The minimum atomic E-state index is -1.30. The Hall–Kier alpha value is -2.86. The molecule has 194 valence electrons. The van der Waals surface area contributed by atoms with Crippen molar-refractivity contribution in [2.75, 3.05) is 0 Å². The summed E-state index contributed by atoms with van der Waals surface area (Å²) in [5.41, 5.74) is 3.59. The summed E-state index contributed by atoms with van der Waals surface area (Å²) in [6.07, 6.45) is 0. The standard InChI is InChI=1S/C30H24Cl3NO4/c1-16(2)25(28(37)38-15-17-11-13-18(31)14-12-17)34-26(35)23-24(27(34)36)30(33)20-8-4-3-7-19(20)29(23,32)21-9-5-6-10-22(21)30/h3-14,16,23-25H,15H2,1-2H3/t23-,24-,25+,29?,30?/m1/s1. The van der Waals surface area contributed by atoms with E-state index in [4.69, 9.17) is 39.5 Å². The van der Waals surface area contributed by atoms with Gasteiger partial charge in [-0.2, -0.15) is 0 Å². The molecule has 4 aliphatic rings. The summed E-state index contributed by atoms with van der Waals surface area (Å²) in [7, 11) is 0. The third kappa shape index (κ3) is 3.28. The van der Waals surface area contributed by atoms with E-state index in [0.717, 1.165) is 10.5 Å². The van der Waals surface area contributed by atoms with Crippen molar-refractivity contribution in [2.24, 2.45) is 17.8 Å². The van der Waals surface area contributed by atoms with Crippen molar-refractivity contribution < 1.29 is 19.1 Å². The van der Waals surface area contributed by atoms with Crippen molar-refractivity contribution in [2.45, 2.75) is 36.2 Å². The zero-order chi connectivity index (χ0) is 27.0. The lowest BCUT2D eigenvalue weighted by molar-refractivity contribution is -0.162. The second-order valence-electron chi connectivity index (χ2n) is 10.4. The number of likely N-dealkylation sites (tertiary alicyclic amines) is 1. The van der Waals surface area contributed by atoms with Gasteiger partial charge in [0.05, 0.1) is 11.8 Å². The average Bonchev–Trinajstić information content (AvgIpc) is 3.18. The van der Waals surface area contributed by atoms with Gasteiger partial charge in [0.2, 0.25) is 11.8 Å². The van der Waals surface area contributed by atoms with Crippen LogP contribution in [0.1, 0.15) is 41.7 Å². The monoisotopic (exact) mass is 567 g/mol. The van der Waals surface area contributed by atoms with Gasteiger partial charge in [-0.25, -0.2) is 4.79 Å². The number of nitrogens with zero attached hydrogens (tertiary/aromatic N) is 1. The van der Waals surface area contributed by atoms with E-state index in [9.17, 15) is 14.4 Å². The summed E-state index contributed by atoms with van der Waals surface area (Å²) in [5, 5.41) is 0.567. The second-order valence-corrected chi connectivity index (χ2v) is 12.1. The van der Waals surface area contributed by atoms with Crippen molar-refractivity contribution >= 4 is 52.6 Å². The molecule has 3 aliphatic carbocycles. The number of esters is 1. The van der Waals surface area contributed by atoms with Crippen LogP contribution in [0.15, 0.2) is 72.8 Å². The van der Waals surface area contributed by atoms with Gasteiger partial charge in [0.1, 0.15) is 22.4 Å². The number of hydrogen-bond acceptors (Lipinski definition) is 4.